The summed E-state index contributed by atoms with van der Waals surface area (Å²) in [4.78, 5) is 0. The van der Waals surface area contributed by atoms with Crippen molar-refractivity contribution in [2.75, 3.05) is 0 Å². The van der Waals surface area contributed by atoms with Gasteiger partial charge in [0.05, 0.1) is 0 Å². The van der Waals surface area contributed by atoms with E-state index in [1.54, 1.807) is 0 Å². The normalized spacial score (nSPS) is 11.0. The summed E-state index contributed by atoms with van der Waals surface area (Å²) >= 11 is -6.52. The molecule has 0 aromatic heterocycles. The van der Waals surface area contributed by atoms with Gasteiger partial charge in [-0.3, -0.25) is 0 Å². The molecule has 0 bridgehead atoms. The molecule has 0 saturated carbocycles. The van der Waals surface area contributed by atoms with E-state index in [0.29, 0.717) is 0 Å². The van der Waals surface area contributed by atoms with Gasteiger partial charge in [-0.1, -0.05) is 0 Å². The Bertz CT molecular complexity index is 2480. The molecule has 8 aromatic rings. The fourth-order valence-electron chi connectivity index (χ4n) is 6.88. The maximum atomic E-state index is 13.4. The Hall–Kier alpha value is -5.31. The van der Waals surface area contributed by atoms with Crippen molar-refractivity contribution in [3.8, 4) is 0 Å². The maximum absolute atomic E-state index is 13.4. The topological polar surface area (TPSA) is 0 Å². The molecule has 0 amide bonds. The van der Waals surface area contributed by atoms with Crippen molar-refractivity contribution in [1.82, 2.24) is 0 Å². The van der Waals surface area contributed by atoms with Gasteiger partial charge in [-0.2, -0.15) is 0 Å². The minimum absolute atomic E-state index is 1.33. The number of rotatable bonds is 8. The number of benzene rings is 8. The summed E-state index contributed by atoms with van der Waals surface area (Å²) in [5.41, 5.74) is 7.97. The molecule has 0 fully saturated rings. The van der Waals surface area contributed by atoms with Crippen molar-refractivity contribution < 1.29 is 43.9 Å². The number of halogens is 10. The molecule has 340 valence electrons. The van der Waals surface area contributed by atoms with Gasteiger partial charge >= 0.3 is 402 Å². The van der Waals surface area contributed by atoms with E-state index < -0.39 is 111 Å². The summed E-state index contributed by atoms with van der Waals surface area (Å²) in [6.07, 6.45) is 0. The Morgan fingerprint density at radius 1 is 0.224 bits per heavy atom. The van der Waals surface area contributed by atoms with Crippen LogP contribution < -0.4 is 35.2 Å². The summed E-state index contributed by atoms with van der Waals surface area (Å²) in [6, 6.07) is 54.8. The van der Waals surface area contributed by atoms with Crippen molar-refractivity contribution >= 4 is 79.3 Å². The van der Waals surface area contributed by atoms with Gasteiger partial charge in [0.2, 0.25) is 0 Å². The standard InChI is InChI=1S/2C21H21Ge.C12F10Ge/c2*1-16-4-10-19(11-5-16)22(20-12-6-17(2)7-13-20)21-14-8-18(3)9-15-21;13-1-3(15)7(19)11(8(20)4(1)16)23-12-9(21)5(17)2(14)6(18)10(12)22/h2*4-15H,1-3H3;. The molecule has 67 heavy (non-hydrogen) atoms. The summed E-state index contributed by atoms with van der Waals surface area (Å²) in [7, 11) is 0. The van der Waals surface area contributed by atoms with Gasteiger partial charge in [0, 0.05) is 0 Å². The average Bonchev–Trinajstić information content (AvgIpc) is 3.33. The third kappa shape index (κ3) is 12.2. The Kier molecular flexibility index (Phi) is 17.3. The zero-order chi connectivity index (χ0) is 48.7. The van der Waals surface area contributed by atoms with Crippen molar-refractivity contribution in [1.29, 1.82) is 0 Å². The van der Waals surface area contributed by atoms with E-state index in [1.807, 2.05) is 0 Å². The van der Waals surface area contributed by atoms with Crippen LogP contribution in [0.15, 0.2) is 146 Å². The third-order valence-corrected chi connectivity index (χ3v) is 25.1. The van der Waals surface area contributed by atoms with E-state index in [1.165, 1.54) is 59.8 Å². The van der Waals surface area contributed by atoms with Crippen LogP contribution in [0, 0.1) is 99.7 Å². The zero-order valence-electron chi connectivity index (χ0n) is 37.1. The van der Waals surface area contributed by atoms with Crippen molar-refractivity contribution in [2.24, 2.45) is 0 Å². The fourth-order valence-corrected chi connectivity index (χ4v) is 19.7. The van der Waals surface area contributed by atoms with E-state index in [-0.39, 0.29) is 0 Å². The van der Waals surface area contributed by atoms with Crippen LogP contribution in [0.3, 0.4) is 0 Å². The van der Waals surface area contributed by atoms with Crippen molar-refractivity contribution in [2.45, 2.75) is 41.5 Å². The van der Waals surface area contributed by atoms with E-state index in [4.69, 9.17) is 0 Å². The van der Waals surface area contributed by atoms with Gasteiger partial charge in [0.25, 0.3) is 0 Å². The Balaban J connectivity index is 0.000000166. The average molecular weight is 1100 g/mol. The molecule has 0 atom stereocenters. The predicted molar refractivity (Wildman–Crippen MR) is 254 cm³/mol. The Morgan fingerprint density at radius 3 is 0.507 bits per heavy atom. The summed E-state index contributed by atoms with van der Waals surface area (Å²) in [5, 5.41) is 0. The molecule has 0 saturated heterocycles. The first-order chi connectivity index (χ1) is 31.9. The molecule has 0 N–H and O–H groups in total. The summed E-state index contributed by atoms with van der Waals surface area (Å²) < 4.78 is 137. The van der Waals surface area contributed by atoms with Crippen LogP contribution in [-0.4, -0.2) is 44.1 Å². The van der Waals surface area contributed by atoms with Crippen LogP contribution >= 0.6 is 0 Å². The predicted octanol–water partition coefficient (Wildman–Crippen LogP) is 8.99. The molecular weight excluding hydrogens is 1060 g/mol. The second kappa shape index (κ2) is 22.7. The molecule has 0 heterocycles. The summed E-state index contributed by atoms with van der Waals surface area (Å²) in [6.45, 7) is 12.9. The second-order valence-corrected chi connectivity index (χ2v) is 29.0. The molecule has 0 aliphatic carbocycles. The summed E-state index contributed by atoms with van der Waals surface area (Å²) in [5.74, 6) is -24.1. The van der Waals surface area contributed by atoms with Gasteiger partial charge in [0.1, 0.15) is 0 Å². The van der Waals surface area contributed by atoms with Gasteiger partial charge in [-0.25, -0.2) is 0 Å². The molecule has 0 nitrogen and oxygen atoms in total. The molecule has 0 aliphatic rings. The fraction of sp³-hybridized carbons (Fsp3) is 0.111. The first kappa shape index (κ1) is 51.1. The SMILES string of the molecule is Cc1cc[c]([Ge]([c]2ccc(C)cc2)[c]2ccc(C)cc2)cc1.Cc1cc[c]([Ge]([c]2ccc(C)cc2)[c]2ccc(C)cc2)cc1.Fc1c(F)c(F)[c]([Ge][c]2c(F)c(F)c(F)c(F)c2F)c(F)c1F. The molecule has 0 spiro atoms. The third-order valence-electron chi connectivity index (χ3n) is 10.7. The molecule has 0 unspecified atom stereocenters. The second-order valence-electron chi connectivity index (χ2n) is 16.0. The molecule has 8 aromatic carbocycles. The van der Waals surface area contributed by atoms with Crippen LogP contribution in [-0.2, 0) is 0 Å². The Morgan fingerprint density at radius 2 is 0.358 bits per heavy atom. The minimum atomic E-state index is -3.11. The van der Waals surface area contributed by atoms with Gasteiger partial charge in [-0.05, 0) is 0 Å². The monoisotopic (exact) mass is 1100 g/mol. The molecule has 4 radical (unpaired) electrons. The van der Waals surface area contributed by atoms with Gasteiger partial charge < -0.3 is 0 Å². The van der Waals surface area contributed by atoms with E-state index >= 15 is 0 Å². The van der Waals surface area contributed by atoms with Gasteiger partial charge in [0.15, 0.2) is 0 Å². The van der Waals surface area contributed by atoms with Crippen LogP contribution in [0.2, 0.25) is 0 Å². The number of aryl methyl sites for hydroxylation is 6. The van der Waals surface area contributed by atoms with Crippen LogP contribution in [0.25, 0.3) is 0 Å². The Labute approximate surface area is 399 Å². The van der Waals surface area contributed by atoms with Crippen LogP contribution in [0.1, 0.15) is 33.4 Å². The first-order valence-electron chi connectivity index (χ1n) is 20.8. The van der Waals surface area contributed by atoms with E-state index in [0.717, 1.165) is 0 Å². The zero-order valence-corrected chi connectivity index (χ0v) is 43.4. The molecule has 13 heteroatoms. The quantitative estimate of drug-likeness (QED) is 0.0618. The van der Waals surface area contributed by atoms with E-state index in [2.05, 4.69) is 187 Å². The van der Waals surface area contributed by atoms with Gasteiger partial charge in [-0.15, -0.1) is 0 Å². The van der Waals surface area contributed by atoms with Crippen molar-refractivity contribution in [3.63, 3.8) is 0 Å². The van der Waals surface area contributed by atoms with E-state index in [9.17, 15) is 43.9 Å². The first-order valence-corrected chi connectivity index (χ1v) is 29.2. The molecular formula is C54H42F10Ge3. The van der Waals surface area contributed by atoms with Crippen molar-refractivity contribution in [3.05, 3.63) is 237 Å². The number of hydrogen-bond acceptors (Lipinski definition) is 0. The molecule has 8 rings (SSSR count). The van der Waals surface area contributed by atoms with Crippen LogP contribution in [0.5, 0.6) is 0 Å². The van der Waals surface area contributed by atoms with Crippen LogP contribution in [0.4, 0.5) is 43.9 Å². The molecule has 0 aliphatic heterocycles. The number of hydrogen-bond donors (Lipinski definition) is 0.